The molecule has 148 valence electrons. The molecule has 0 saturated heterocycles. The zero-order valence-electron chi connectivity index (χ0n) is 16.7. The lowest BCUT2D eigenvalue weighted by atomic mass is 9.81. The van der Waals surface area contributed by atoms with Gasteiger partial charge in [0.05, 0.1) is 13.4 Å². The molecule has 0 unspecified atom stereocenters. The summed E-state index contributed by atoms with van der Waals surface area (Å²) in [6, 6.07) is 1.83. The summed E-state index contributed by atoms with van der Waals surface area (Å²) in [7, 11) is 1.59. The van der Waals surface area contributed by atoms with Crippen LogP contribution in [0.1, 0.15) is 50.3 Å². The number of fused-ring (bicyclic) bond motifs is 2. The number of benzene rings is 1. The molecule has 0 fully saturated rings. The Labute approximate surface area is 163 Å². The van der Waals surface area contributed by atoms with E-state index in [1.165, 1.54) is 6.92 Å². The van der Waals surface area contributed by atoms with E-state index in [1.807, 2.05) is 25.1 Å². The summed E-state index contributed by atoms with van der Waals surface area (Å²) in [5, 5.41) is 0.810. The van der Waals surface area contributed by atoms with Crippen molar-refractivity contribution in [1.82, 2.24) is 0 Å². The van der Waals surface area contributed by atoms with Gasteiger partial charge in [0.1, 0.15) is 12.7 Å². The fourth-order valence-corrected chi connectivity index (χ4v) is 3.54. The monoisotopic (exact) mass is 384 g/mol. The molecule has 1 aromatic heterocycles. The number of furan rings is 1. The van der Waals surface area contributed by atoms with Crippen molar-refractivity contribution in [3.63, 3.8) is 0 Å². The molecule has 28 heavy (non-hydrogen) atoms. The molecule has 0 amide bonds. The summed E-state index contributed by atoms with van der Waals surface area (Å²) >= 11 is 0. The number of carbonyl (C=O) groups is 2. The summed E-state index contributed by atoms with van der Waals surface area (Å²) in [6.07, 6.45) is 6.59. The third kappa shape index (κ3) is 3.42. The Kier molecular flexibility index (Phi) is 5.58. The summed E-state index contributed by atoms with van der Waals surface area (Å²) in [5.74, 6) is -0.259. The second-order valence-corrected chi connectivity index (χ2v) is 6.77. The Morgan fingerprint density at radius 1 is 1.29 bits per heavy atom. The van der Waals surface area contributed by atoms with Crippen LogP contribution in [0, 0.1) is 0 Å². The molecule has 6 heteroatoms. The van der Waals surface area contributed by atoms with E-state index in [-0.39, 0.29) is 24.5 Å². The van der Waals surface area contributed by atoms with Crippen LogP contribution in [-0.4, -0.2) is 25.2 Å². The number of hydrogen-bond acceptors (Lipinski definition) is 6. The molecule has 1 aliphatic carbocycles. The van der Waals surface area contributed by atoms with E-state index in [1.54, 1.807) is 33.3 Å². The summed E-state index contributed by atoms with van der Waals surface area (Å²) in [4.78, 5) is 23.7. The van der Waals surface area contributed by atoms with Gasteiger partial charge in [-0.1, -0.05) is 19.1 Å². The van der Waals surface area contributed by atoms with Crippen LogP contribution in [0.5, 0.6) is 5.75 Å². The first-order valence-corrected chi connectivity index (χ1v) is 9.14. The molecule has 0 N–H and O–H groups in total. The van der Waals surface area contributed by atoms with Crippen LogP contribution in [-0.2, 0) is 25.7 Å². The first-order valence-electron chi connectivity index (χ1n) is 9.14. The number of hydrogen-bond donors (Lipinski definition) is 0. The maximum atomic E-state index is 12.2. The highest BCUT2D eigenvalue weighted by Crippen LogP contribution is 2.45. The molecule has 2 aromatic rings. The van der Waals surface area contributed by atoms with E-state index in [0.717, 1.165) is 22.1 Å². The van der Waals surface area contributed by atoms with Crippen LogP contribution < -0.4 is 4.74 Å². The highest BCUT2D eigenvalue weighted by atomic mass is 16.5. The topological polar surface area (TPSA) is 75.0 Å². The fraction of sp³-hybridized carbons (Fsp3) is 0.364. The minimum Gasteiger partial charge on any atom is -0.492 e. The first-order chi connectivity index (χ1) is 13.4. The molecule has 1 aliphatic rings. The Morgan fingerprint density at radius 3 is 2.68 bits per heavy atom. The maximum absolute atomic E-state index is 12.2. The molecular weight excluding hydrogens is 360 g/mol. The molecule has 0 spiro atoms. The third-order valence-corrected chi connectivity index (χ3v) is 5.07. The zero-order valence-corrected chi connectivity index (χ0v) is 16.7. The van der Waals surface area contributed by atoms with Crippen LogP contribution >= 0.6 is 0 Å². The predicted octanol–water partition coefficient (Wildman–Crippen LogP) is 4.51. The average molecular weight is 384 g/mol. The molecule has 0 aliphatic heterocycles. The average Bonchev–Trinajstić information content (AvgIpc) is 3.15. The number of rotatable bonds is 5. The van der Waals surface area contributed by atoms with E-state index >= 15 is 0 Å². The molecule has 1 aromatic carbocycles. The largest absolute Gasteiger partial charge is 0.492 e. The quantitative estimate of drug-likeness (QED) is 0.558. The molecule has 6 nitrogen and oxygen atoms in total. The summed E-state index contributed by atoms with van der Waals surface area (Å²) < 4.78 is 22.3. The Morgan fingerprint density at radius 2 is 2.04 bits per heavy atom. The van der Waals surface area contributed by atoms with Gasteiger partial charge in [0.15, 0.2) is 11.3 Å². The second-order valence-electron chi connectivity index (χ2n) is 6.77. The summed E-state index contributed by atoms with van der Waals surface area (Å²) in [6.45, 7) is 6.94. The second kappa shape index (κ2) is 7.92. The normalized spacial score (nSPS) is 18.7. The molecule has 0 bridgehead atoms. The predicted molar refractivity (Wildman–Crippen MR) is 105 cm³/mol. The van der Waals surface area contributed by atoms with Gasteiger partial charge in [0.25, 0.3) is 0 Å². The number of carbonyl (C=O) groups excluding carboxylic acids is 2. The molecule has 3 rings (SSSR count). The van der Waals surface area contributed by atoms with Crippen molar-refractivity contribution in [3.05, 3.63) is 46.7 Å². The zero-order chi connectivity index (χ0) is 20.4. The van der Waals surface area contributed by atoms with Gasteiger partial charge < -0.3 is 18.6 Å². The maximum Gasteiger partial charge on any atom is 0.333 e. The van der Waals surface area contributed by atoms with Crippen molar-refractivity contribution in [3.8, 4) is 5.75 Å². The van der Waals surface area contributed by atoms with Crippen LogP contribution in [0.3, 0.4) is 0 Å². The SMILES string of the molecule is CC=C(C)C(=O)OCc1c2c(c(OC)c3occc13)C=C[C@H](OC(C)=O)[C@@H]2C. The van der Waals surface area contributed by atoms with E-state index in [4.69, 9.17) is 18.6 Å². The van der Waals surface area contributed by atoms with Crippen LogP contribution in [0.4, 0.5) is 0 Å². The van der Waals surface area contributed by atoms with E-state index < -0.39 is 6.10 Å². The lowest BCUT2D eigenvalue weighted by Crippen LogP contribution is -2.25. The minimum atomic E-state index is -0.411. The van der Waals surface area contributed by atoms with E-state index in [9.17, 15) is 9.59 Å². The first kappa shape index (κ1) is 19.7. The van der Waals surface area contributed by atoms with Crippen molar-refractivity contribution in [2.75, 3.05) is 7.11 Å². The van der Waals surface area contributed by atoms with Gasteiger partial charge in [-0.3, -0.25) is 4.79 Å². The minimum absolute atomic E-state index is 0.0807. The van der Waals surface area contributed by atoms with Crippen molar-refractivity contribution < 1.29 is 28.2 Å². The number of methoxy groups -OCH3 is 1. The van der Waals surface area contributed by atoms with Gasteiger partial charge in [-0.2, -0.15) is 0 Å². The lowest BCUT2D eigenvalue weighted by molar-refractivity contribution is -0.145. The Bertz CT molecular complexity index is 979. The number of esters is 2. The standard InChI is InChI=1S/C22H24O6/c1-6-12(2)22(24)27-11-17-15-9-10-26-21(15)20(25-5)16-7-8-18(28-14(4)23)13(3)19(16)17/h6-10,13,18H,11H2,1-5H3/t13-,18-/m0/s1. The number of ether oxygens (including phenoxy) is 3. The van der Waals surface area contributed by atoms with Crippen molar-refractivity contribution in [2.45, 2.75) is 46.3 Å². The molecule has 2 atom stereocenters. The third-order valence-electron chi connectivity index (χ3n) is 5.07. The molecule has 0 radical (unpaired) electrons. The van der Waals surface area contributed by atoms with Crippen LogP contribution in [0.2, 0.25) is 0 Å². The molecular formula is C22H24O6. The van der Waals surface area contributed by atoms with Gasteiger partial charge in [0.2, 0.25) is 0 Å². The highest BCUT2D eigenvalue weighted by molar-refractivity contribution is 5.93. The Hall–Kier alpha value is -3.02. The molecule has 0 saturated carbocycles. The highest BCUT2D eigenvalue weighted by Gasteiger charge is 2.32. The van der Waals surface area contributed by atoms with Gasteiger partial charge in [-0.25, -0.2) is 4.79 Å². The van der Waals surface area contributed by atoms with Crippen LogP contribution in [0.25, 0.3) is 17.0 Å². The van der Waals surface area contributed by atoms with Crippen LogP contribution in [0.15, 0.2) is 34.5 Å². The smallest absolute Gasteiger partial charge is 0.333 e. The van der Waals surface area contributed by atoms with Gasteiger partial charge >= 0.3 is 11.9 Å². The lowest BCUT2D eigenvalue weighted by Gasteiger charge is -2.30. The fourth-order valence-electron chi connectivity index (χ4n) is 3.54. The van der Waals surface area contributed by atoms with E-state index in [2.05, 4.69) is 0 Å². The van der Waals surface area contributed by atoms with Gasteiger partial charge in [-0.05, 0) is 31.6 Å². The van der Waals surface area contributed by atoms with Crippen molar-refractivity contribution in [1.29, 1.82) is 0 Å². The number of allylic oxidation sites excluding steroid dienone is 1. The van der Waals surface area contributed by atoms with Gasteiger partial charge in [0, 0.05) is 34.9 Å². The summed E-state index contributed by atoms with van der Waals surface area (Å²) in [5.41, 5.74) is 3.72. The van der Waals surface area contributed by atoms with Gasteiger partial charge in [-0.15, -0.1) is 0 Å². The van der Waals surface area contributed by atoms with Crippen molar-refractivity contribution in [2.24, 2.45) is 0 Å². The van der Waals surface area contributed by atoms with E-state index in [0.29, 0.717) is 16.9 Å². The molecule has 1 heterocycles. The Balaban J connectivity index is 2.14. The van der Waals surface area contributed by atoms with Crippen molar-refractivity contribution >= 4 is 29.0 Å².